The Morgan fingerprint density at radius 1 is 1.26 bits per heavy atom. The van der Waals surface area contributed by atoms with Gasteiger partial charge in [-0.3, -0.25) is 0 Å². The lowest BCUT2D eigenvalue weighted by Crippen LogP contribution is -2.20. The van der Waals surface area contributed by atoms with Gasteiger partial charge in [-0.2, -0.15) is 0 Å². The van der Waals surface area contributed by atoms with Crippen molar-refractivity contribution < 1.29 is 4.74 Å². The third kappa shape index (κ3) is 5.62. The number of aryl methyl sites for hydroxylation is 1. The van der Waals surface area contributed by atoms with Crippen molar-refractivity contribution in [3.8, 4) is 5.75 Å². The molecule has 3 nitrogen and oxygen atoms in total. The van der Waals surface area contributed by atoms with Gasteiger partial charge in [0.25, 0.3) is 0 Å². The van der Waals surface area contributed by atoms with Gasteiger partial charge in [0.2, 0.25) is 0 Å². The number of nitrogens with one attached hydrogen (secondary N) is 1. The number of ether oxygens (including phenoxy) is 1. The highest BCUT2D eigenvalue weighted by Gasteiger charge is 2.07. The third-order valence-electron chi connectivity index (χ3n) is 3.41. The maximum Gasteiger partial charge on any atom is 0.123 e. The molecular formula is C16H28N2O. The Balaban J connectivity index is 2.54. The van der Waals surface area contributed by atoms with Crippen LogP contribution in [0.15, 0.2) is 18.2 Å². The lowest BCUT2D eigenvalue weighted by molar-refractivity contribution is 0.310. The molecule has 3 heteroatoms. The first kappa shape index (κ1) is 16.0. The maximum absolute atomic E-state index is 5.45. The summed E-state index contributed by atoms with van der Waals surface area (Å²) in [6.07, 6.45) is 3.53. The first-order valence-electron chi connectivity index (χ1n) is 7.20. The molecule has 0 fully saturated rings. The van der Waals surface area contributed by atoms with E-state index in [1.165, 1.54) is 24.0 Å². The van der Waals surface area contributed by atoms with Crippen LogP contribution in [-0.2, 0) is 13.0 Å². The Bertz CT molecular complexity index is 366. The van der Waals surface area contributed by atoms with Crippen LogP contribution in [0.1, 0.15) is 30.9 Å². The molecule has 0 saturated heterocycles. The molecule has 1 rings (SSSR count). The maximum atomic E-state index is 5.45. The number of rotatable bonds is 9. The Kier molecular flexibility index (Phi) is 7.53. The molecule has 1 N–H and O–H groups in total. The van der Waals surface area contributed by atoms with Crippen molar-refractivity contribution in [1.82, 2.24) is 10.2 Å². The van der Waals surface area contributed by atoms with Crippen LogP contribution in [0.25, 0.3) is 0 Å². The number of benzene rings is 1. The van der Waals surface area contributed by atoms with E-state index in [2.05, 4.69) is 42.4 Å². The summed E-state index contributed by atoms with van der Waals surface area (Å²) in [6.45, 7) is 5.37. The Hall–Kier alpha value is -1.06. The van der Waals surface area contributed by atoms with E-state index in [0.717, 1.165) is 31.8 Å². The summed E-state index contributed by atoms with van der Waals surface area (Å²) in [7, 11) is 5.93. The molecule has 0 saturated carbocycles. The van der Waals surface area contributed by atoms with Crippen LogP contribution in [-0.4, -0.2) is 39.2 Å². The molecule has 1 aromatic carbocycles. The van der Waals surface area contributed by atoms with E-state index in [1.807, 2.05) is 7.05 Å². The normalized spacial score (nSPS) is 11.0. The molecule has 0 heterocycles. The van der Waals surface area contributed by atoms with Crippen molar-refractivity contribution in [2.45, 2.75) is 32.7 Å². The summed E-state index contributed by atoms with van der Waals surface area (Å²) in [6, 6.07) is 6.50. The summed E-state index contributed by atoms with van der Waals surface area (Å²) in [5, 5.41) is 3.19. The van der Waals surface area contributed by atoms with Crippen molar-refractivity contribution >= 4 is 0 Å². The summed E-state index contributed by atoms with van der Waals surface area (Å²) in [4.78, 5) is 2.37. The van der Waals surface area contributed by atoms with Gasteiger partial charge in [0.1, 0.15) is 5.75 Å². The molecule has 0 atom stereocenters. The van der Waals surface area contributed by atoms with Gasteiger partial charge in [-0.25, -0.2) is 0 Å². The Morgan fingerprint density at radius 3 is 2.68 bits per heavy atom. The highest BCUT2D eigenvalue weighted by atomic mass is 16.5. The zero-order valence-corrected chi connectivity index (χ0v) is 12.8. The van der Waals surface area contributed by atoms with E-state index in [0.29, 0.717) is 0 Å². The largest absolute Gasteiger partial charge is 0.496 e. The lowest BCUT2D eigenvalue weighted by atomic mass is 10.1. The zero-order chi connectivity index (χ0) is 14.1. The molecule has 108 valence electrons. The number of unbranched alkanes of at least 4 members (excludes halogenated alkanes) is 1. The van der Waals surface area contributed by atoms with E-state index in [-0.39, 0.29) is 0 Å². The SMILES string of the molecule is CCc1ccc(OC)c(CN(C)CCCCNC)c1. The second kappa shape index (κ2) is 8.94. The van der Waals surface area contributed by atoms with E-state index >= 15 is 0 Å². The number of hydrogen-bond acceptors (Lipinski definition) is 3. The van der Waals surface area contributed by atoms with Crippen LogP contribution in [0.3, 0.4) is 0 Å². The topological polar surface area (TPSA) is 24.5 Å². The minimum Gasteiger partial charge on any atom is -0.496 e. The van der Waals surface area contributed by atoms with Gasteiger partial charge in [0.05, 0.1) is 7.11 Å². The molecule has 0 bridgehead atoms. The quantitative estimate of drug-likeness (QED) is 0.694. The van der Waals surface area contributed by atoms with Crippen LogP contribution >= 0.6 is 0 Å². The van der Waals surface area contributed by atoms with Gasteiger partial charge in [-0.05, 0) is 58.1 Å². The highest BCUT2D eigenvalue weighted by Crippen LogP contribution is 2.21. The van der Waals surface area contributed by atoms with Crippen LogP contribution in [0.4, 0.5) is 0 Å². The lowest BCUT2D eigenvalue weighted by Gasteiger charge is -2.19. The van der Waals surface area contributed by atoms with Gasteiger partial charge in [-0.15, -0.1) is 0 Å². The Labute approximate surface area is 118 Å². The molecule has 0 aromatic heterocycles. The van der Waals surface area contributed by atoms with Crippen molar-refractivity contribution in [3.05, 3.63) is 29.3 Å². The fourth-order valence-electron chi connectivity index (χ4n) is 2.23. The molecular weight excluding hydrogens is 236 g/mol. The van der Waals surface area contributed by atoms with Crippen LogP contribution in [0.5, 0.6) is 5.75 Å². The molecule has 0 amide bonds. The van der Waals surface area contributed by atoms with E-state index in [1.54, 1.807) is 7.11 Å². The van der Waals surface area contributed by atoms with Crippen molar-refractivity contribution in [2.75, 3.05) is 34.3 Å². The minimum absolute atomic E-state index is 0.955. The summed E-state index contributed by atoms with van der Waals surface area (Å²) in [5.41, 5.74) is 2.66. The van der Waals surface area contributed by atoms with Crippen molar-refractivity contribution in [3.63, 3.8) is 0 Å². The monoisotopic (exact) mass is 264 g/mol. The van der Waals surface area contributed by atoms with E-state index < -0.39 is 0 Å². The van der Waals surface area contributed by atoms with Gasteiger partial charge < -0.3 is 15.0 Å². The number of hydrogen-bond donors (Lipinski definition) is 1. The number of nitrogens with zero attached hydrogens (tertiary/aromatic N) is 1. The fraction of sp³-hybridized carbons (Fsp3) is 0.625. The number of methoxy groups -OCH3 is 1. The minimum atomic E-state index is 0.955. The summed E-state index contributed by atoms with van der Waals surface area (Å²) < 4.78 is 5.45. The molecule has 19 heavy (non-hydrogen) atoms. The third-order valence-corrected chi connectivity index (χ3v) is 3.41. The van der Waals surface area contributed by atoms with Gasteiger partial charge in [-0.1, -0.05) is 19.1 Å². The molecule has 0 aliphatic heterocycles. The van der Waals surface area contributed by atoms with Gasteiger partial charge in [0, 0.05) is 12.1 Å². The van der Waals surface area contributed by atoms with Crippen LogP contribution in [0, 0.1) is 0 Å². The highest BCUT2D eigenvalue weighted by molar-refractivity contribution is 5.37. The molecule has 0 aliphatic carbocycles. The molecule has 0 spiro atoms. The second-order valence-corrected chi connectivity index (χ2v) is 5.05. The van der Waals surface area contributed by atoms with E-state index in [9.17, 15) is 0 Å². The standard InChI is InChI=1S/C16H28N2O/c1-5-14-8-9-16(19-4)15(12-14)13-18(3)11-7-6-10-17-2/h8-9,12,17H,5-7,10-11,13H2,1-4H3. The smallest absolute Gasteiger partial charge is 0.123 e. The predicted molar refractivity (Wildman–Crippen MR) is 81.9 cm³/mol. The molecule has 1 aromatic rings. The Morgan fingerprint density at radius 2 is 2.05 bits per heavy atom. The van der Waals surface area contributed by atoms with Crippen LogP contribution < -0.4 is 10.1 Å². The first-order valence-corrected chi connectivity index (χ1v) is 7.20. The predicted octanol–water partition coefficient (Wildman–Crippen LogP) is 2.69. The van der Waals surface area contributed by atoms with Crippen molar-refractivity contribution in [1.29, 1.82) is 0 Å². The fourth-order valence-corrected chi connectivity index (χ4v) is 2.23. The van der Waals surface area contributed by atoms with Gasteiger partial charge in [0.15, 0.2) is 0 Å². The first-order chi connectivity index (χ1) is 9.21. The average molecular weight is 264 g/mol. The molecule has 0 aliphatic rings. The summed E-state index contributed by atoms with van der Waals surface area (Å²) >= 11 is 0. The average Bonchev–Trinajstić information content (AvgIpc) is 2.43. The van der Waals surface area contributed by atoms with Gasteiger partial charge >= 0.3 is 0 Å². The molecule has 0 radical (unpaired) electrons. The van der Waals surface area contributed by atoms with Crippen LogP contribution in [0.2, 0.25) is 0 Å². The molecule has 0 unspecified atom stereocenters. The van der Waals surface area contributed by atoms with Crippen molar-refractivity contribution in [2.24, 2.45) is 0 Å². The summed E-state index contributed by atoms with van der Waals surface area (Å²) in [5.74, 6) is 0.999. The zero-order valence-electron chi connectivity index (χ0n) is 12.8. The van der Waals surface area contributed by atoms with E-state index in [4.69, 9.17) is 4.74 Å². The second-order valence-electron chi connectivity index (χ2n) is 5.05.